The Morgan fingerprint density at radius 1 is 1.23 bits per heavy atom. The predicted molar refractivity (Wildman–Crippen MR) is 75.9 cm³/mol. The molecule has 1 aromatic carbocycles. The molecule has 0 aliphatic heterocycles. The Bertz CT molecular complexity index is 852. The number of rotatable bonds is 4. The van der Waals surface area contributed by atoms with E-state index in [0.29, 0.717) is 11.3 Å². The van der Waals surface area contributed by atoms with E-state index in [1.54, 1.807) is 24.3 Å². The van der Waals surface area contributed by atoms with Crippen molar-refractivity contribution in [2.45, 2.75) is 6.54 Å². The monoisotopic (exact) mass is 297 g/mol. The highest BCUT2D eigenvalue weighted by molar-refractivity contribution is 5.92. The van der Waals surface area contributed by atoms with Crippen LogP contribution in [-0.4, -0.2) is 25.6 Å². The number of benzene rings is 1. The molecule has 110 valence electrons. The standard InChI is InChI=1S/C14H11N5O3/c15-12(20)10-3-1-9(2-4-10)8-19-13(18-22-14(19)21)11-7-16-5-6-17-11/h1-7H,8H2,(H2,15,20). The Morgan fingerprint density at radius 2 is 2.00 bits per heavy atom. The zero-order valence-electron chi connectivity index (χ0n) is 11.3. The second kappa shape index (κ2) is 5.60. The van der Waals surface area contributed by atoms with E-state index in [9.17, 15) is 9.59 Å². The molecular weight excluding hydrogens is 286 g/mol. The second-order valence-corrected chi connectivity index (χ2v) is 4.51. The molecule has 0 atom stereocenters. The van der Waals surface area contributed by atoms with Crippen LogP contribution in [0.4, 0.5) is 0 Å². The van der Waals surface area contributed by atoms with Gasteiger partial charge in [0.15, 0.2) is 0 Å². The number of primary amides is 1. The summed E-state index contributed by atoms with van der Waals surface area (Å²) in [6.45, 7) is 0.229. The highest BCUT2D eigenvalue weighted by atomic mass is 16.5. The summed E-state index contributed by atoms with van der Waals surface area (Å²) in [7, 11) is 0. The van der Waals surface area contributed by atoms with Crippen LogP contribution in [0.2, 0.25) is 0 Å². The van der Waals surface area contributed by atoms with E-state index >= 15 is 0 Å². The molecule has 3 rings (SSSR count). The maximum absolute atomic E-state index is 11.8. The average molecular weight is 297 g/mol. The van der Waals surface area contributed by atoms with E-state index in [-0.39, 0.29) is 12.4 Å². The molecule has 0 aliphatic rings. The lowest BCUT2D eigenvalue weighted by Gasteiger charge is -2.04. The fourth-order valence-corrected chi connectivity index (χ4v) is 1.96. The molecule has 0 saturated heterocycles. The van der Waals surface area contributed by atoms with E-state index in [2.05, 4.69) is 15.1 Å². The summed E-state index contributed by atoms with van der Waals surface area (Å²) in [5, 5.41) is 3.73. The molecule has 0 spiro atoms. The van der Waals surface area contributed by atoms with Gasteiger partial charge in [-0.3, -0.25) is 18.9 Å². The van der Waals surface area contributed by atoms with Crippen molar-refractivity contribution in [1.29, 1.82) is 0 Å². The van der Waals surface area contributed by atoms with Crippen molar-refractivity contribution in [2.24, 2.45) is 5.73 Å². The third kappa shape index (κ3) is 2.62. The fourth-order valence-electron chi connectivity index (χ4n) is 1.96. The van der Waals surface area contributed by atoms with Crippen molar-refractivity contribution in [3.05, 3.63) is 64.5 Å². The molecule has 2 heterocycles. The van der Waals surface area contributed by atoms with Gasteiger partial charge in [0.25, 0.3) is 0 Å². The lowest BCUT2D eigenvalue weighted by Crippen LogP contribution is -2.17. The summed E-state index contributed by atoms with van der Waals surface area (Å²) in [5.41, 5.74) is 6.81. The Balaban J connectivity index is 1.94. The molecule has 8 nitrogen and oxygen atoms in total. The maximum atomic E-state index is 11.8. The number of nitrogens with two attached hydrogens (primary N) is 1. The van der Waals surface area contributed by atoms with Crippen LogP contribution in [0.3, 0.4) is 0 Å². The van der Waals surface area contributed by atoms with Crippen LogP contribution >= 0.6 is 0 Å². The van der Waals surface area contributed by atoms with Crippen molar-refractivity contribution in [2.75, 3.05) is 0 Å². The molecule has 22 heavy (non-hydrogen) atoms. The largest absolute Gasteiger partial charge is 0.442 e. The first kappa shape index (κ1) is 13.7. The average Bonchev–Trinajstić information content (AvgIpc) is 2.90. The number of nitrogens with zero attached hydrogens (tertiary/aromatic N) is 4. The molecule has 2 aromatic heterocycles. The Morgan fingerprint density at radius 3 is 2.64 bits per heavy atom. The van der Waals surface area contributed by atoms with Crippen LogP contribution in [0.15, 0.2) is 52.2 Å². The molecule has 0 saturated carbocycles. The quantitative estimate of drug-likeness (QED) is 0.746. The molecular formula is C14H11N5O3. The van der Waals surface area contributed by atoms with Gasteiger partial charge in [-0.05, 0) is 17.7 Å². The van der Waals surface area contributed by atoms with E-state index < -0.39 is 11.7 Å². The topological polar surface area (TPSA) is 117 Å². The molecule has 2 N–H and O–H groups in total. The number of carbonyl (C=O) groups excluding carboxylic acids is 1. The zero-order chi connectivity index (χ0) is 15.5. The van der Waals surface area contributed by atoms with Crippen molar-refractivity contribution in [3.63, 3.8) is 0 Å². The Kier molecular flexibility index (Phi) is 3.48. The van der Waals surface area contributed by atoms with Crippen LogP contribution in [0.25, 0.3) is 11.5 Å². The number of aromatic nitrogens is 4. The summed E-state index contributed by atoms with van der Waals surface area (Å²) in [6, 6.07) is 6.61. The predicted octanol–water partition coefficient (Wildman–Crippen LogP) is 0.440. The van der Waals surface area contributed by atoms with Gasteiger partial charge in [0.1, 0.15) is 5.69 Å². The van der Waals surface area contributed by atoms with Gasteiger partial charge in [-0.25, -0.2) is 9.78 Å². The first-order valence-electron chi connectivity index (χ1n) is 6.37. The van der Waals surface area contributed by atoms with Gasteiger partial charge in [-0.1, -0.05) is 17.3 Å². The normalized spacial score (nSPS) is 10.5. The molecule has 0 radical (unpaired) electrons. The summed E-state index contributed by atoms with van der Waals surface area (Å²) in [6.07, 6.45) is 4.51. The van der Waals surface area contributed by atoms with Crippen molar-refractivity contribution < 1.29 is 9.32 Å². The van der Waals surface area contributed by atoms with Crippen molar-refractivity contribution in [3.8, 4) is 11.5 Å². The van der Waals surface area contributed by atoms with E-state index in [1.165, 1.54) is 23.2 Å². The van der Waals surface area contributed by atoms with Gasteiger partial charge in [-0.15, -0.1) is 0 Å². The first-order valence-corrected chi connectivity index (χ1v) is 6.37. The first-order chi connectivity index (χ1) is 10.6. The van der Waals surface area contributed by atoms with E-state index in [0.717, 1.165) is 5.56 Å². The summed E-state index contributed by atoms with van der Waals surface area (Å²) < 4.78 is 6.04. The maximum Gasteiger partial charge on any atom is 0.442 e. The van der Waals surface area contributed by atoms with Gasteiger partial charge in [-0.2, -0.15) is 0 Å². The van der Waals surface area contributed by atoms with E-state index in [4.69, 9.17) is 10.3 Å². The molecule has 0 bridgehead atoms. The van der Waals surface area contributed by atoms with Gasteiger partial charge >= 0.3 is 5.76 Å². The van der Waals surface area contributed by atoms with Crippen LogP contribution in [0.5, 0.6) is 0 Å². The van der Waals surface area contributed by atoms with Gasteiger partial charge in [0.2, 0.25) is 11.7 Å². The number of carbonyl (C=O) groups is 1. The Hall–Kier alpha value is -3.29. The number of amides is 1. The molecule has 8 heteroatoms. The van der Waals surface area contributed by atoms with Crippen LogP contribution in [0, 0.1) is 0 Å². The van der Waals surface area contributed by atoms with Crippen LogP contribution < -0.4 is 11.5 Å². The molecule has 1 amide bonds. The molecule has 0 unspecified atom stereocenters. The highest BCUT2D eigenvalue weighted by Gasteiger charge is 2.14. The lowest BCUT2D eigenvalue weighted by atomic mass is 10.1. The minimum absolute atomic E-state index is 0.229. The van der Waals surface area contributed by atoms with Crippen LogP contribution in [-0.2, 0) is 6.54 Å². The minimum atomic E-state index is -0.598. The van der Waals surface area contributed by atoms with Crippen molar-refractivity contribution >= 4 is 5.91 Å². The number of hydrogen-bond acceptors (Lipinski definition) is 6. The Labute approximate surface area is 124 Å². The summed E-state index contributed by atoms with van der Waals surface area (Å²) in [4.78, 5) is 30.9. The third-order valence-electron chi connectivity index (χ3n) is 3.06. The minimum Gasteiger partial charge on any atom is -0.366 e. The van der Waals surface area contributed by atoms with Crippen molar-refractivity contribution in [1.82, 2.24) is 19.7 Å². The van der Waals surface area contributed by atoms with Gasteiger partial charge in [0.05, 0.1) is 12.7 Å². The highest BCUT2D eigenvalue weighted by Crippen LogP contribution is 2.13. The smallest absolute Gasteiger partial charge is 0.366 e. The second-order valence-electron chi connectivity index (χ2n) is 4.51. The fraction of sp³-hybridized carbons (Fsp3) is 0.0714. The molecule has 3 aromatic rings. The molecule has 0 aliphatic carbocycles. The number of hydrogen-bond donors (Lipinski definition) is 1. The summed E-state index contributed by atoms with van der Waals surface area (Å²) >= 11 is 0. The third-order valence-corrected chi connectivity index (χ3v) is 3.06. The SMILES string of the molecule is NC(=O)c1ccc(Cn2c(-c3cnccn3)noc2=O)cc1. The van der Waals surface area contributed by atoms with Crippen LogP contribution in [0.1, 0.15) is 15.9 Å². The van der Waals surface area contributed by atoms with E-state index in [1.807, 2.05) is 0 Å². The summed E-state index contributed by atoms with van der Waals surface area (Å²) in [5.74, 6) is -0.814. The lowest BCUT2D eigenvalue weighted by molar-refractivity contribution is 0.100. The zero-order valence-corrected chi connectivity index (χ0v) is 11.3. The van der Waals surface area contributed by atoms with Gasteiger partial charge in [0, 0.05) is 18.0 Å². The molecule has 0 fully saturated rings. The van der Waals surface area contributed by atoms with Gasteiger partial charge < -0.3 is 5.73 Å².